The number of carbonyl (C=O) groups is 1. The molecule has 0 fully saturated rings. The number of hydrogen-bond donors (Lipinski definition) is 1. The number of aryl methyl sites for hydroxylation is 1. The lowest BCUT2D eigenvalue weighted by Gasteiger charge is -2.09. The Morgan fingerprint density at radius 2 is 1.83 bits per heavy atom. The minimum atomic E-state index is -0.220. The van der Waals surface area contributed by atoms with Crippen molar-refractivity contribution in [2.24, 2.45) is 5.10 Å². The number of hydrazone groups is 1. The number of amides is 1. The third-order valence-electron chi connectivity index (χ3n) is 3.45. The predicted molar refractivity (Wildman–Crippen MR) is 94.5 cm³/mol. The van der Waals surface area contributed by atoms with Crippen molar-refractivity contribution >= 4 is 23.0 Å². The number of para-hydroxylation sites is 1. The van der Waals surface area contributed by atoms with E-state index >= 15 is 0 Å². The topological polar surface area (TPSA) is 46.4 Å². The van der Waals surface area contributed by atoms with Gasteiger partial charge in [0.1, 0.15) is 0 Å². The van der Waals surface area contributed by atoms with Gasteiger partial charge in [0.2, 0.25) is 0 Å². The van der Waals surface area contributed by atoms with Crippen molar-refractivity contribution in [3.05, 3.63) is 76.2 Å². The number of hydrogen-bond acceptors (Lipinski definition) is 3. The zero-order valence-corrected chi connectivity index (χ0v) is 13.8. The summed E-state index contributed by atoms with van der Waals surface area (Å²) in [6.45, 7) is 3.94. The summed E-state index contributed by atoms with van der Waals surface area (Å²) in [5.74, 6) is -0.220. The second kappa shape index (κ2) is 6.62. The number of rotatable bonds is 4. The summed E-state index contributed by atoms with van der Waals surface area (Å²) in [6, 6.07) is 15.4. The van der Waals surface area contributed by atoms with Crippen molar-refractivity contribution in [3.8, 4) is 5.69 Å². The van der Waals surface area contributed by atoms with Crippen LogP contribution in [0.25, 0.3) is 5.69 Å². The highest BCUT2D eigenvalue weighted by molar-refractivity contribution is 7.14. The molecule has 0 spiro atoms. The van der Waals surface area contributed by atoms with Gasteiger partial charge in [0.15, 0.2) is 0 Å². The Morgan fingerprint density at radius 3 is 2.52 bits per heavy atom. The molecule has 1 N–H and O–H groups in total. The summed E-state index contributed by atoms with van der Waals surface area (Å²) in [5.41, 5.74) is 4.87. The molecule has 116 valence electrons. The average molecular weight is 323 g/mol. The molecule has 0 atom stereocenters. The van der Waals surface area contributed by atoms with Crippen LogP contribution in [-0.4, -0.2) is 16.2 Å². The fourth-order valence-corrected chi connectivity index (χ4v) is 3.08. The summed E-state index contributed by atoms with van der Waals surface area (Å²) in [6.07, 6.45) is 3.82. The maximum absolute atomic E-state index is 12.5. The van der Waals surface area contributed by atoms with Crippen LogP contribution in [0.1, 0.15) is 27.0 Å². The molecule has 0 saturated carbocycles. The van der Waals surface area contributed by atoms with Gasteiger partial charge in [0, 0.05) is 17.3 Å². The first kappa shape index (κ1) is 15.2. The number of aromatic nitrogens is 1. The maximum Gasteiger partial charge on any atom is 0.273 e. The molecule has 3 aromatic rings. The number of nitrogens with one attached hydrogen (secondary N) is 1. The molecule has 0 unspecified atom stereocenters. The second-order valence-corrected chi connectivity index (χ2v) is 6.44. The lowest BCUT2D eigenvalue weighted by molar-refractivity contribution is 0.0955. The number of nitrogens with zero attached hydrogens (tertiary/aromatic N) is 2. The Labute approximate surface area is 139 Å². The summed E-state index contributed by atoms with van der Waals surface area (Å²) >= 11 is 1.66. The Balaban J connectivity index is 1.82. The van der Waals surface area contributed by atoms with E-state index in [0.717, 1.165) is 16.3 Å². The molecule has 0 radical (unpaired) electrons. The molecule has 0 bridgehead atoms. The molecule has 1 aromatic carbocycles. The Hall–Kier alpha value is -2.66. The fourth-order valence-electron chi connectivity index (χ4n) is 2.26. The standard InChI is InChI=1S/C18H17N3OS/c1-13-9-10-17(23-13)14(2)19-20-18(22)15-7-3-4-8-16(15)21-11-5-6-12-21/h3-12H,1-2H3,(H,20,22)/b19-14-. The van der Waals surface area contributed by atoms with Crippen LogP contribution in [0.5, 0.6) is 0 Å². The first-order valence-corrected chi connectivity index (χ1v) is 8.10. The molecule has 5 heteroatoms. The summed E-state index contributed by atoms with van der Waals surface area (Å²) in [7, 11) is 0. The molecule has 23 heavy (non-hydrogen) atoms. The van der Waals surface area contributed by atoms with Crippen LogP contribution in [0.3, 0.4) is 0 Å². The molecule has 0 aliphatic carbocycles. The van der Waals surface area contributed by atoms with Gasteiger partial charge in [0.05, 0.1) is 21.8 Å². The largest absolute Gasteiger partial charge is 0.323 e. The normalized spacial score (nSPS) is 11.5. The van der Waals surface area contributed by atoms with Gasteiger partial charge in [-0.05, 0) is 50.2 Å². The maximum atomic E-state index is 12.5. The van der Waals surface area contributed by atoms with Crippen LogP contribution in [-0.2, 0) is 0 Å². The first-order chi connectivity index (χ1) is 11.1. The SMILES string of the molecule is C/C(=N/NC(=O)c1ccccc1-n1cccc1)c1ccc(C)s1. The lowest BCUT2D eigenvalue weighted by Crippen LogP contribution is -2.20. The van der Waals surface area contributed by atoms with Gasteiger partial charge in [-0.2, -0.15) is 5.10 Å². The van der Waals surface area contributed by atoms with Crippen molar-refractivity contribution < 1.29 is 4.79 Å². The Kier molecular flexibility index (Phi) is 4.39. The van der Waals surface area contributed by atoms with Gasteiger partial charge in [-0.1, -0.05) is 12.1 Å². The van der Waals surface area contributed by atoms with E-state index in [-0.39, 0.29) is 5.91 Å². The quantitative estimate of drug-likeness (QED) is 0.572. The van der Waals surface area contributed by atoms with Crippen LogP contribution in [0.2, 0.25) is 0 Å². The lowest BCUT2D eigenvalue weighted by atomic mass is 10.1. The van der Waals surface area contributed by atoms with Gasteiger partial charge >= 0.3 is 0 Å². The van der Waals surface area contributed by atoms with Gasteiger partial charge in [-0.25, -0.2) is 5.43 Å². The molecule has 2 heterocycles. The number of thiophene rings is 1. The Bertz CT molecular complexity index is 847. The van der Waals surface area contributed by atoms with Crippen molar-refractivity contribution in [1.82, 2.24) is 9.99 Å². The van der Waals surface area contributed by atoms with Crippen molar-refractivity contribution in [1.29, 1.82) is 0 Å². The number of benzene rings is 1. The van der Waals surface area contributed by atoms with Crippen LogP contribution < -0.4 is 5.43 Å². The molecule has 3 rings (SSSR count). The smallest absolute Gasteiger partial charge is 0.273 e. The van der Waals surface area contributed by atoms with Crippen molar-refractivity contribution in [2.75, 3.05) is 0 Å². The van der Waals surface area contributed by atoms with E-state index in [0.29, 0.717) is 5.56 Å². The highest BCUT2D eigenvalue weighted by Gasteiger charge is 2.11. The van der Waals surface area contributed by atoms with Crippen molar-refractivity contribution in [3.63, 3.8) is 0 Å². The van der Waals surface area contributed by atoms with E-state index in [9.17, 15) is 4.79 Å². The minimum Gasteiger partial charge on any atom is -0.323 e. The van der Waals surface area contributed by atoms with E-state index in [1.807, 2.05) is 73.3 Å². The zero-order chi connectivity index (χ0) is 16.2. The van der Waals surface area contributed by atoms with Crippen LogP contribution in [0, 0.1) is 6.92 Å². The van der Waals surface area contributed by atoms with E-state index in [1.54, 1.807) is 17.4 Å². The van der Waals surface area contributed by atoms with Gasteiger partial charge < -0.3 is 4.57 Å². The monoisotopic (exact) mass is 323 g/mol. The molecule has 0 aliphatic rings. The van der Waals surface area contributed by atoms with E-state index in [4.69, 9.17) is 0 Å². The molecular weight excluding hydrogens is 306 g/mol. The third-order valence-corrected chi connectivity index (χ3v) is 4.56. The highest BCUT2D eigenvalue weighted by Crippen LogP contribution is 2.17. The van der Waals surface area contributed by atoms with Crippen LogP contribution >= 0.6 is 11.3 Å². The van der Waals surface area contributed by atoms with Crippen LogP contribution in [0.4, 0.5) is 0 Å². The molecular formula is C18H17N3OS. The van der Waals surface area contributed by atoms with Gasteiger partial charge in [-0.3, -0.25) is 4.79 Å². The first-order valence-electron chi connectivity index (χ1n) is 7.29. The Morgan fingerprint density at radius 1 is 1.09 bits per heavy atom. The molecule has 4 nitrogen and oxygen atoms in total. The molecule has 2 aromatic heterocycles. The van der Waals surface area contributed by atoms with Gasteiger partial charge in [-0.15, -0.1) is 11.3 Å². The predicted octanol–water partition coefficient (Wildman–Crippen LogP) is 4.00. The summed E-state index contributed by atoms with van der Waals surface area (Å²) < 4.78 is 1.91. The van der Waals surface area contributed by atoms with E-state index < -0.39 is 0 Å². The van der Waals surface area contributed by atoms with E-state index in [1.165, 1.54) is 4.88 Å². The third kappa shape index (κ3) is 3.40. The zero-order valence-electron chi connectivity index (χ0n) is 13.0. The highest BCUT2D eigenvalue weighted by atomic mass is 32.1. The van der Waals surface area contributed by atoms with E-state index in [2.05, 4.69) is 10.5 Å². The van der Waals surface area contributed by atoms with Crippen LogP contribution in [0.15, 0.2) is 66.0 Å². The minimum absolute atomic E-state index is 0.220. The molecule has 0 aliphatic heterocycles. The summed E-state index contributed by atoms with van der Waals surface area (Å²) in [4.78, 5) is 14.8. The fraction of sp³-hybridized carbons (Fsp3) is 0.111. The second-order valence-electron chi connectivity index (χ2n) is 5.16. The average Bonchev–Trinajstić information content (AvgIpc) is 3.24. The van der Waals surface area contributed by atoms with Crippen molar-refractivity contribution in [2.45, 2.75) is 13.8 Å². The summed E-state index contributed by atoms with van der Waals surface area (Å²) in [5, 5.41) is 4.22. The van der Waals surface area contributed by atoms with Gasteiger partial charge in [0.25, 0.3) is 5.91 Å². The number of carbonyl (C=O) groups excluding carboxylic acids is 1. The molecule has 1 amide bonds. The molecule has 0 saturated heterocycles.